The summed E-state index contributed by atoms with van der Waals surface area (Å²) in [5.74, 6) is 0.576. The van der Waals surface area contributed by atoms with E-state index in [0.717, 1.165) is 17.9 Å². The molecule has 0 bridgehead atoms. The molecule has 7 nitrogen and oxygen atoms in total. The SMILES string of the molecule is O=C(Nc1ccc(-n2ccnc2)nc1)c1cccc(N2CCCC2=O)c1. The summed E-state index contributed by atoms with van der Waals surface area (Å²) in [6.45, 7) is 0.698. The topological polar surface area (TPSA) is 80.1 Å². The molecule has 4 rings (SSSR count). The van der Waals surface area contributed by atoms with Crippen LogP contribution >= 0.6 is 0 Å². The van der Waals surface area contributed by atoms with Crippen molar-refractivity contribution in [2.45, 2.75) is 12.8 Å². The van der Waals surface area contributed by atoms with Crippen molar-refractivity contribution in [2.75, 3.05) is 16.8 Å². The van der Waals surface area contributed by atoms with Gasteiger partial charge in [0.2, 0.25) is 5.91 Å². The predicted octanol–water partition coefficient (Wildman–Crippen LogP) is 2.65. The molecule has 130 valence electrons. The number of amides is 2. The summed E-state index contributed by atoms with van der Waals surface area (Å²) in [5, 5.41) is 2.83. The number of hydrogen-bond donors (Lipinski definition) is 1. The van der Waals surface area contributed by atoms with Crippen molar-refractivity contribution >= 4 is 23.2 Å². The van der Waals surface area contributed by atoms with E-state index in [0.29, 0.717) is 24.2 Å². The second-order valence-electron chi connectivity index (χ2n) is 6.03. The largest absolute Gasteiger partial charge is 0.321 e. The Morgan fingerprint density at radius 3 is 2.81 bits per heavy atom. The Morgan fingerprint density at radius 1 is 1.19 bits per heavy atom. The molecule has 0 atom stereocenters. The van der Waals surface area contributed by atoms with Gasteiger partial charge in [-0.2, -0.15) is 0 Å². The molecule has 1 aromatic carbocycles. The van der Waals surface area contributed by atoms with Crippen molar-refractivity contribution in [1.29, 1.82) is 0 Å². The zero-order chi connectivity index (χ0) is 17.9. The van der Waals surface area contributed by atoms with Crippen molar-refractivity contribution in [1.82, 2.24) is 14.5 Å². The quantitative estimate of drug-likeness (QED) is 0.787. The first-order chi connectivity index (χ1) is 12.7. The van der Waals surface area contributed by atoms with Crippen LogP contribution in [0.25, 0.3) is 5.82 Å². The lowest BCUT2D eigenvalue weighted by atomic mass is 10.1. The van der Waals surface area contributed by atoms with Gasteiger partial charge in [0.25, 0.3) is 5.91 Å². The van der Waals surface area contributed by atoms with E-state index in [-0.39, 0.29) is 11.8 Å². The average Bonchev–Trinajstić information content (AvgIpc) is 3.34. The molecule has 1 fully saturated rings. The third-order valence-corrected chi connectivity index (χ3v) is 4.27. The van der Waals surface area contributed by atoms with Crippen LogP contribution in [0.5, 0.6) is 0 Å². The minimum atomic E-state index is -0.240. The molecule has 0 unspecified atom stereocenters. The smallest absolute Gasteiger partial charge is 0.255 e. The van der Waals surface area contributed by atoms with Gasteiger partial charge in [0.15, 0.2) is 0 Å². The van der Waals surface area contributed by atoms with E-state index in [9.17, 15) is 9.59 Å². The van der Waals surface area contributed by atoms with Crippen LogP contribution in [0.3, 0.4) is 0 Å². The Kier molecular flexibility index (Phi) is 4.18. The van der Waals surface area contributed by atoms with E-state index in [4.69, 9.17) is 0 Å². The van der Waals surface area contributed by atoms with Crippen LogP contribution in [-0.4, -0.2) is 32.9 Å². The maximum Gasteiger partial charge on any atom is 0.255 e. The van der Waals surface area contributed by atoms with E-state index in [1.54, 1.807) is 64.7 Å². The summed E-state index contributed by atoms with van der Waals surface area (Å²) in [4.78, 5) is 34.4. The van der Waals surface area contributed by atoms with Gasteiger partial charge < -0.3 is 10.2 Å². The Morgan fingerprint density at radius 2 is 2.12 bits per heavy atom. The summed E-state index contributed by atoms with van der Waals surface area (Å²) in [6.07, 6.45) is 8.14. The number of rotatable bonds is 4. The van der Waals surface area contributed by atoms with Gasteiger partial charge >= 0.3 is 0 Å². The van der Waals surface area contributed by atoms with Gasteiger partial charge in [0, 0.05) is 36.6 Å². The zero-order valence-corrected chi connectivity index (χ0v) is 14.0. The fourth-order valence-corrected chi connectivity index (χ4v) is 2.95. The molecule has 0 spiro atoms. The standard InChI is InChI=1S/C19H17N5O2/c25-18-5-2-9-24(18)16-4-1-3-14(11-16)19(26)22-15-6-7-17(21-12-15)23-10-8-20-13-23/h1,3-4,6-8,10-13H,2,5,9H2,(H,22,26). The minimum Gasteiger partial charge on any atom is -0.321 e. The van der Waals surface area contributed by atoms with Gasteiger partial charge in [0.05, 0.1) is 11.9 Å². The highest BCUT2D eigenvalue weighted by Gasteiger charge is 2.22. The Hall–Kier alpha value is -3.48. The lowest BCUT2D eigenvalue weighted by Crippen LogP contribution is -2.24. The Bertz CT molecular complexity index is 935. The number of nitrogens with one attached hydrogen (secondary N) is 1. The van der Waals surface area contributed by atoms with Crippen LogP contribution in [-0.2, 0) is 4.79 Å². The van der Waals surface area contributed by atoms with Crippen LogP contribution in [0, 0.1) is 0 Å². The van der Waals surface area contributed by atoms with Crippen LogP contribution in [0.2, 0.25) is 0 Å². The van der Waals surface area contributed by atoms with Gasteiger partial charge in [-0.25, -0.2) is 9.97 Å². The highest BCUT2D eigenvalue weighted by molar-refractivity contribution is 6.05. The van der Waals surface area contributed by atoms with E-state index < -0.39 is 0 Å². The maximum atomic E-state index is 12.5. The van der Waals surface area contributed by atoms with Crippen molar-refractivity contribution in [3.05, 3.63) is 66.9 Å². The van der Waals surface area contributed by atoms with Crippen molar-refractivity contribution in [2.24, 2.45) is 0 Å². The number of pyridine rings is 1. The molecule has 2 amide bonds. The molecule has 3 aromatic rings. The van der Waals surface area contributed by atoms with Crippen molar-refractivity contribution in [3.63, 3.8) is 0 Å². The van der Waals surface area contributed by atoms with Crippen molar-refractivity contribution < 1.29 is 9.59 Å². The highest BCUT2D eigenvalue weighted by atomic mass is 16.2. The normalized spacial score (nSPS) is 13.8. The number of anilines is 2. The number of aromatic nitrogens is 3. The number of benzene rings is 1. The van der Waals surface area contributed by atoms with Crippen LogP contribution < -0.4 is 10.2 Å². The molecule has 0 saturated carbocycles. The highest BCUT2D eigenvalue weighted by Crippen LogP contribution is 2.22. The van der Waals surface area contributed by atoms with Gasteiger partial charge in [-0.1, -0.05) is 6.07 Å². The molecule has 0 aliphatic carbocycles. The number of nitrogens with zero attached hydrogens (tertiary/aromatic N) is 4. The van der Waals surface area contributed by atoms with E-state index in [2.05, 4.69) is 15.3 Å². The maximum absolute atomic E-state index is 12.5. The number of carbonyl (C=O) groups excluding carboxylic acids is 2. The van der Waals surface area contributed by atoms with Crippen LogP contribution in [0.15, 0.2) is 61.3 Å². The first kappa shape index (κ1) is 16.0. The third kappa shape index (κ3) is 3.19. The van der Waals surface area contributed by atoms with Crippen LogP contribution in [0.1, 0.15) is 23.2 Å². The third-order valence-electron chi connectivity index (χ3n) is 4.27. The summed E-state index contributed by atoms with van der Waals surface area (Å²) in [6, 6.07) is 10.7. The molecule has 1 saturated heterocycles. The molecule has 26 heavy (non-hydrogen) atoms. The van der Waals surface area contributed by atoms with Gasteiger partial charge in [-0.15, -0.1) is 0 Å². The fraction of sp³-hybridized carbons (Fsp3) is 0.158. The molecule has 2 aromatic heterocycles. The summed E-state index contributed by atoms with van der Waals surface area (Å²) in [7, 11) is 0. The molecule has 3 heterocycles. The van der Waals surface area contributed by atoms with E-state index in [1.807, 2.05) is 6.07 Å². The van der Waals surface area contributed by atoms with Crippen molar-refractivity contribution in [3.8, 4) is 5.82 Å². The molecular formula is C19H17N5O2. The number of hydrogen-bond acceptors (Lipinski definition) is 4. The lowest BCUT2D eigenvalue weighted by Gasteiger charge is -2.16. The lowest BCUT2D eigenvalue weighted by molar-refractivity contribution is -0.117. The van der Waals surface area contributed by atoms with Crippen LogP contribution in [0.4, 0.5) is 11.4 Å². The van der Waals surface area contributed by atoms with E-state index >= 15 is 0 Å². The monoisotopic (exact) mass is 347 g/mol. The summed E-state index contributed by atoms with van der Waals surface area (Å²) in [5.41, 5.74) is 1.86. The van der Waals surface area contributed by atoms with Gasteiger partial charge in [0.1, 0.15) is 12.1 Å². The molecule has 7 heteroatoms. The second kappa shape index (κ2) is 6.79. The van der Waals surface area contributed by atoms with E-state index in [1.165, 1.54) is 0 Å². The van der Waals surface area contributed by atoms with Gasteiger partial charge in [-0.05, 0) is 36.8 Å². The Labute approximate surface area is 150 Å². The predicted molar refractivity (Wildman–Crippen MR) is 97.3 cm³/mol. The molecule has 0 radical (unpaired) electrons. The fourth-order valence-electron chi connectivity index (χ4n) is 2.95. The zero-order valence-electron chi connectivity index (χ0n) is 14.0. The Balaban J connectivity index is 1.49. The second-order valence-corrected chi connectivity index (χ2v) is 6.03. The van der Waals surface area contributed by atoms with Gasteiger partial charge in [-0.3, -0.25) is 14.2 Å². The molecular weight excluding hydrogens is 330 g/mol. The molecule has 1 N–H and O–H groups in total. The minimum absolute atomic E-state index is 0.0989. The number of imidazole rings is 1. The molecule has 1 aliphatic rings. The first-order valence-corrected chi connectivity index (χ1v) is 8.37. The average molecular weight is 347 g/mol. The summed E-state index contributed by atoms with van der Waals surface area (Å²) < 4.78 is 1.78. The molecule has 1 aliphatic heterocycles. The summed E-state index contributed by atoms with van der Waals surface area (Å²) >= 11 is 0. The number of carbonyl (C=O) groups is 2. The first-order valence-electron chi connectivity index (χ1n) is 8.37.